The van der Waals surface area contributed by atoms with Crippen LogP contribution in [-0.4, -0.2) is 45.9 Å². The zero-order chi connectivity index (χ0) is 19.8. The van der Waals surface area contributed by atoms with Crippen molar-refractivity contribution in [2.24, 2.45) is 0 Å². The first kappa shape index (κ1) is 18.9. The van der Waals surface area contributed by atoms with E-state index in [1.807, 2.05) is 36.9 Å². The summed E-state index contributed by atoms with van der Waals surface area (Å²) in [6, 6.07) is 13.1. The highest BCUT2D eigenvalue weighted by Gasteiger charge is 2.41. The average Bonchev–Trinajstić information content (AvgIpc) is 2.90. The number of fused-ring (bicyclic) bond motifs is 2. The van der Waals surface area contributed by atoms with Gasteiger partial charge in [-0.1, -0.05) is 30.3 Å². The van der Waals surface area contributed by atoms with E-state index in [2.05, 4.69) is 29.1 Å². The van der Waals surface area contributed by atoms with Crippen LogP contribution in [0.2, 0.25) is 0 Å². The summed E-state index contributed by atoms with van der Waals surface area (Å²) in [5.74, 6) is -0.151. The summed E-state index contributed by atoms with van der Waals surface area (Å²) in [7, 11) is 2.20. The molecule has 1 amide bonds. The lowest BCUT2D eigenvalue weighted by atomic mass is 9.95. The van der Waals surface area contributed by atoms with Gasteiger partial charge in [-0.25, -0.2) is 0 Å². The highest BCUT2D eigenvalue weighted by molar-refractivity contribution is 5.94. The molecular formula is C23H29N3O2. The Morgan fingerprint density at radius 1 is 1.14 bits per heavy atom. The molecule has 1 aromatic carbocycles. The first-order valence-electron chi connectivity index (χ1n) is 10.2. The van der Waals surface area contributed by atoms with Crippen molar-refractivity contribution in [1.29, 1.82) is 0 Å². The number of aryl methyl sites for hydroxylation is 2. The fraction of sp³-hybridized carbons (Fsp3) is 0.478. The number of piperidine rings is 1. The number of aromatic nitrogens is 1. The van der Waals surface area contributed by atoms with E-state index in [1.54, 1.807) is 6.07 Å². The molecule has 0 saturated carbocycles. The van der Waals surface area contributed by atoms with Crippen molar-refractivity contribution in [3.05, 3.63) is 69.1 Å². The summed E-state index contributed by atoms with van der Waals surface area (Å²) < 4.78 is 0. The number of pyridine rings is 1. The number of nitrogens with zero attached hydrogens (tertiary/aromatic N) is 2. The SMILES string of the molecule is Cc1cc(C(=O)N(Cc2ccccc2)C2C[C@H]3CC[C@@H](C2)N3C)c(=O)[nH]c1C. The van der Waals surface area contributed by atoms with Crippen molar-refractivity contribution in [2.75, 3.05) is 7.05 Å². The van der Waals surface area contributed by atoms with Crippen LogP contribution in [0.25, 0.3) is 0 Å². The molecule has 5 nitrogen and oxygen atoms in total. The van der Waals surface area contributed by atoms with Gasteiger partial charge < -0.3 is 14.8 Å². The number of carbonyl (C=O) groups excluding carboxylic acids is 1. The Hall–Kier alpha value is -2.40. The molecule has 0 aliphatic carbocycles. The second kappa shape index (κ2) is 7.55. The van der Waals surface area contributed by atoms with Gasteiger partial charge in [0.15, 0.2) is 0 Å². The van der Waals surface area contributed by atoms with Gasteiger partial charge >= 0.3 is 0 Å². The Balaban J connectivity index is 1.68. The van der Waals surface area contributed by atoms with E-state index < -0.39 is 0 Å². The molecule has 2 aliphatic heterocycles. The van der Waals surface area contributed by atoms with Crippen LogP contribution in [0.5, 0.6) is 0 Å². The second-order valence-corrected chi connectivity index (χ2v) is 8.41. The molecule has 2 bridgehead atoms. The second-order valence-electron chi connectivity index (χ2n) is 8.41. The molecule has 2 fully saturated rings. The zero-order valence-corrected chi connectivity index (χ0v) is 16.9. The number of carbonyl (C=O) groups is 1. The van der Waals surface area contributed by atoms with E-state index in [9.17, 15) is 9.59 Å². The van der Waals surface area contributed by atoms with Gasteiger partial charge in [0.1, 0.15) is 5.56 Å². The highest BCUT2D eigenvalue weighted by Crippen LogP contribution is 2.37. The van der Waals surface area contributed by atoms with Crippen LogP contribution >= 0.6 is 0 Å². The van der Waals surface area contributed by atoms with Crippen molar-refractivity contribution < 1.29 is 4.79 Å². The number of rotatable bonds is 4. The Morgan fingerprint density at radius 2 is 1.79 bits per heavy atom. The minimum atomic E-state index is -0.290. The summed E-state index contributed by atoms with van der Waals surface area (Å²) in [4.78, 5) is 33.4. The summed E-state index contributed by atoms with van der Waals surface area (Å²) in [6.45, 7) is 4.33. The van der Waals surface area contributed by atoms with E-state index in [0.717, 1.165) is 29.7 Å². The maximum atomic E-state index is 13.5. The standard InChI is InChI=1S/C23H29N3O2/c1-15-11-21(22(27)24-16(15)2)23(28)26(14-17-7-5-4-6-8-17)20-12-18-9-10-19(13-20)25(18)3/h4-8,11,18-20H,9-10,12-14H2,1-3H3,(H,24,27)/t18-,19+,20?. The zero-order valence-electron chi connectivity index (χ0n) is 16.9. The number of benzene rings is 1. The van der Waals surface area contributed by atoms with Crippen LogP contribution in [0.15, 0.2) is 41.2 Å². The van der Waals surface area contributed by atoms with Crippen LogP contribution in [0, 0.1) is 13.8 Å². The van der Waals surface area contributed by atoms with Gasteiger partial charge in [-0.3, -0.25) is 9.59 Å². The Kier molecular flexibility index (Phi) is 5.11. The Labute approximate surface area is 166 Å². The Bertz CT molecular complexity index is 907. The van der Waals surface area contributed by atoms with Gasteiger partial charge in [-0.2, -0.15) is 0 Å². The maximum absolute atomic E-state index is 13.5. The monoisotopic (exact) mass is 379 g/mol. The molecule has 148 valence electrons. The molecule has 2 saturated heterocycles. The molecule has 3 atom stereocenters. The minimum Gasteiger partial charge on any atom is -0.331 e. The number of hydrogen-bond donors (Lipinski definition) is 1. The molecule has 2 aromatic rings. The lowest BCUT2D eigenvalue weighted by molar-refractivity contribution is 0.0458. The van der Waals surface area contributed by atoms with Gasteiger partial charge in [-0.15, -0.1) is 0 Å². The van der Waals surface area contributed by atoms with Gasteiger partial charge in [-0.05, 0) is 63.8 Å². The van der Waals surface area contributed by atoms with Crippen molar-refractivity contribution in [2.45, 2.75) is 64.2 Å². The predicted molar refractivity (Wildman–Crippen MR) is 110 cm³/mol. The molecule has 5 heteroatoms. The number of nitrogens with one attached hydrogen (secondary N) is 1. The van der Waals surface area contributed by atoms with Crippen LogP contribution in [0.1, 0.15) is 52.9 Å². The van der Waals surface area contributed by atoms with E-state index in [1.165, 1.54) is 12.8 Å². The van der Waals surface area contributed by atoms with Crippen LogP contribution in [0.4, 0.5) is 0 Å². The third-order valence-corrected chi connectivity index (χ3v) is 6.70. The topological polar surface area (TPSA) is 56.4 Å². The van der Waals surface area contributed by atoms with E-state index in [-0.39, 0.29) is 23.1 Å². The van der Waals surface area contributed by atoms with Crippen LogP contribution in [0.3, 0.4) is 0 Å². The van der Waals surface area contributed by atoms with Crippen LogP contribution < -0.4 is 5.56 Å². The smallest absolute Gasteiger partial charge is 0.261 e. The van der Waals surface area contributed by atoms with Gasteiger partial charge in [0.25, 0.3) is 11.5 Å². The van der Waals surface area contributed by atoms with Gasteiger partial charge in [0.05, 0.1) is 0 Å². The lowest BCUT2D eigenvalue weighted by Crippen LogP contribution is -2.51. The first-order valence-corrected chi connectivity index (χ1v) is 10.2. The van der Waals surface area contributed by atoms with Crippen molar-refractivity contribution in [1.82, 2.24) is 14.8 Å². The molecule has 2 aliphatic rings. The molecule has 1 unspecified atom stereocenters. The molecule has 3 heterocycles. The average molecular weight is 380 g/mol. The first-order chi connectivity index (χ1) is 13.4. The number of hydrogen-bond acceptors (Lipinski definition) is 3. The largest absolute Gasteiger partial charge is 0.331 e. The summed E-state index contributed by atoms with van der Waals surface area (Å²) >= 11 is 0. The maximum Gasteiger partial charge on any atom is 0.261 e. The van der Waals surface area contributed by atoms with Crippen LogP contribution in [-0.2, 0) is 6.54 Å². The number of amides is 1. The molecular weight excluding hydrogens is 350 g/mol. The molecule has 0 spiro atoms. The van der Waals surface area contributed by atoms with E-state index in [0.29, 0.717) is 18.6 Å². The molecule has 1 aromatic heterocycles. The molecule has 28 heavy (non-hydrogen) atoms. The molecule has 1 N–H and O–H groups in total. The molecule has 0 radical (unpaired) electrons. The third kappa shape index (κ3) is 3.51. The predicted octanol–water partition coefficient (Wildman–Crippen LogP) is 3.26. The summed E-state index contributed by atoms with van der Waals surface area (Å²) in [5.41, 5.74) is 2.81. The summed E-state index contributed by atoms with van der Waals surface area (Å²) in [5, 5.41) is 0. The third-order valence-electron chi connectivity index (χ3n) is 6.70. The van der Waals surface area contributed by atoms with E-state index in [4.69, 9.17) is 0 Å². The fourth-order valence-corrected chi connectivity index (χ4v) is 4.82. The quantitative estimate of drug-likeness (QED) is 0.887. The van der Waals surface area contributed by atoms with E-state index >= 15 is 0 Å². The number of aromatic amines is 1. The van der Waals surface area contributed by atoms with Crippen molar-refractivity contribution in [3.8, 4) is 0 Å². The normalized spacial score (nSPS) is 24.3. The van der Waals surface area contributed by atoms with Gasteiger partial charge in [0, 0.05) is 30.4 Å². The lowest BCUT2D eigenvalue weighted by Gasteiger charge is -2.42. The van der Waals surface area contributed by atoms with Crippen molar-refractivity contribution in [3.63, 3.8) is 0 Å². The van der Waals surface area contributed by atoms with Gasteiger partial charge in [0.2, 0.25) is 0 Å². The van der Waals surface area contributed by atoms with Crippen molar-refractivity contribution >= 4 is 5.91 Å². The number of H-pyrrole nitrogens is 1. The Morgan fingerprint density at radius 3 is 2.43 bits per heavy atom. The highest BCUT2D eigenvalue weighted by atomic mass is 16.2. The molecule has 4 rings (SSSR count). The summed E-state index contributed by atoms with van der Waals surface area (Å²) in [6.07, 6.45) is 4.37. The minimum absolute atomic E-state index is 0.151. The fourth-order valence-electron chi connectivity index (χ4n) is 4.82.